The van der Waals surface area contributed by atoms with Crippen LogP contribution >= 0.6 is 11.3 Å². The standard InChI is InChI=1S/C24H26F3N5O4S2/c1-36-19-4-2-3-16(13-19)22(33)29-15-20-5-6-21(37-20)38(34,35)32-11-8-17(9-12-32)30-23-28-10-7-18(31-23)14-24(25,26)27/h2-7,10,13,17H,8-9,11-12,14-15H2,1H3,(H,29,33)(H,28,30,31). The van der Waals surface area contributed by atoms with Crippen LogP contribution in [0.4, 0.5) is 19.1 Å². The van der Waals surface area contributed by atoms with Gasteiger partial charge in [-0.3, -0.25) is 4.79 Å². The molecule has 3 heterocycles. The molecular weight excluding hydrogens is 543 g/mol. The number of hydrogen-bond donors (Lipinski definition) is 2. The summed E-state index contributed by atoms with van der Waals surface area (Å²) in [5.41, 5.74) is 0.297. The fourth-order valence-electron chi connectivity index (χ4n) is 3.95. The summed E-state index contributed by atoms with van der Waals surface area (Å²) < 4.78 is 70.9. The van der Waals surface area contributed by atoms with Gasteiger partial charge in [-0.05, 0) is 49.2 Å². The monoisotopic (exact) mass is 569 g/mol. The average molecular weight is 570 g/mol. The molecule has 14 heteroatoms. The zero-order valence-corrected chi connectivity index (χ0v) is 22.0. The first-order chi connectivity index (χ1) is 18.0. The molecule has 4 rings (SSSR count). The highest BCUT2D eigenvalue weighted by molar-refractivity contribution is 7.91. The first-order valence-corrected chi connectivity index (χ1v) is 14.0. The van der Waals surface area contributed by atoms with Crippen molar-refractivity contribution in [2.24, 2.45) is 0 Å². The van der Waals surface area contributed by atoms with Gasteiger partial charge in [0.15, 0.2) is 0 Å². The Kier molecular flexibility index (Phi) is 8.53. The second-order valence-corrected chi connectivity index (χ2v) is 12.0. The van der Waals surface area contributed by atoms with Crippen molar-refractivity contribution in [2.45, 2.75) is 42.2 Å². The van der Waals surface area contributed by atoms with Crippen LogP contribution < -0.4 is 15.4 Å². The van der Waals surface area contributed by atoms with Crippen molar-refractivity contribution in [3.05, 3.63) is 64.8 Å². The number of nitrogens with one attached hydrogen (secondary N) is 2. The van der Waals surface area contributed by atoms with Crippen LogP contribution in [0.3, 0.4) is 0 Å². The third-order valence-electron chi connectivity index (χ3n) is 5.87. The van der Waals surface area contributed by atoms with Crippen LogP contribution in [0.1, 0.15) is 33.8 Å². The van der Waals surface area contributed by atoms with Crippen LogP contribution in [-0.4, -0.2) is 61.0 Å². The lowest BCUT2D eigenvalue weighted by Gasteiger charge is -2.31. The SMILES string of the molecule is COc1cccc(C(=O)NCc2ccc(S(=O)(=O)N3CCC(Nc4nccc(CC(F)(F)F)n4)CC3)s2)c1. The molecule has 0 aliphatic carbocycles. The number of rotatable bonds is 9. The van der Waals surface area contributed by atoms with E-state index < -0.39 is 22.6 Å². The number of amides is 1. The highest BCUT2D eigenvalue weighted by Crippen LogP contribution is 2.28. The van der Waals surface area contributed by atoms with Gasteiger partial charge in [0.1, 0.15) is 9.96 Å². The molecule has 204 valence electrons. The number of piperidine rings is 1. The maximum Gasteiger partial charge on any atom is 0.394 e. The smallest absolute Gasteiger partial charge is 0.394 e. The molecule has 1 aliphatic heterocycles. The van der Waals surface area contributed by atoms with Gasteiger partial charge in [0.25, 0.3) is 15.9 Å². The molecule has 0 unspecified atom stereocenters. The lowest BCUT2D eigenvalue weighted by atomic mass is 10.1. The molecule has 1 aliphatic rings. The summed E-state index contributed by atoms with van der Waals surface area (Å²) in [4.78, 5) is 21.0. The molecule has 1 aromatic carbocycles. The molecule has 9 nitrogen and oxygen atoms in total. The minimum atomic E-state index is -4.37. The molecule has 1 amide bonds. The third kappa shape index (κ3) is 7.20. The predicted octanol–water partition coefficient (Wildman–Crippen LogP) is 3.85. The van der Waals surface area contributed by atoms with E-state index in [1.54, 1.807) is 30.3 Å². The van der Waals surface area contributed by atoms with E-state index >= 15 is 0 Å². The van der Waals surface area contributed by atoms with E-state index in [0.717, 1.165) is 11.3 Å². The Hall–Kier alpha value is -3.23. The lowest BCUT2D eigenvalue weighted by molar-refractivity contribution is -0.127. The summed E-state index contributed by atoms with van der Waals surface area (Å²) in [6.07, 6.45) is -3.35. The normalized spacial score (nSPS) is 15.3. The van der Waals surface area contributed by atoms with Gasteiger partial charge in [-0.25, -0.2) is 18.4 Å². The molecule has 0 spiro atoms. The molecule has 38 heavy (non-hydrogen) atoms. The number of ether oxygens (including phenoxy) is 1. The lowest BCUT2D eigenvalue weighted by Crippen LogP contribution is -2.42. The quantitative estimate of drug-likeness (QED) is 0.403. The summed E-state index contributed by atoms with van der Waals surface area (Å²) in [5, 5.41) is 5.80. The van der Waals surface area contributed by atoms with Gasteiger partial charge in [0, 0.05) is 35.8 Å². The highest BCUT2D eigenvalue weighted by Gasteiger charge is 2.31. The minimum Gasteiger partial charge on any atom is -0.497 e. The fraction of sp³-hybridized carbons (Fsp3) is 0.375. The van der Waals surface area contributed by atoms with Crippen LogP contribution in [0.5, 0.6) is 5.75 Å². The number of anilines is 1. The van der Waals surface area contributed by atoms with Gasteiger partial charge in [-0.2, -0.15) is 17.5 Å². The van der Waals surface area contributed by atoms with Gasteiger partial charge in [0.2, 0.25) is 5.95 Å². The second-order valence-electron chi connectivity index (χ2n) is 8.62. The van der Waals surface area contributed by atoms with Gasteiger partial charge in [-0.1, -0.05) is 6.07 Å². The Labute approximate surface area is 222 Å². The summed E-state index contributed by atoms with van der Waals surface area (Å²) in [6.45, 7) is 0.653. The number of alkyl halides is 3. The van der Waals surface area contributed by atoms with E-state index in [1.165, 1.54) is 29.7 Å². The maximum absolute atomic E-state index is 13.2. The van der Waals surface area contributed by atoms with Crippen molar-refractivity contribution in [2.75, 3.05) is 25.5 Å². The summed E-state index contributed by atoms with van der Waals surface area (Å²) in [7, 11) is -2.21. The number of sulfonamides is 1. The minimum absolute atomic E-state index is 0.0898. The number of nitrogens with zero attached hydrogens (tertiary/aromatic N) is 3. The first-order valence-electron chi connectivity index (χ1n) is 11.7. The Morgan fingerprint density at radius 2 is 1.95 bits per heavy atom. The zero-order chi connectivity index (χ0) is 27.3. The molecule has 3 aromatic rings. The molecule has 0 radical (unpaired) electrons. The molecule has 0 saturated carbocycles. The van der Waals surface area contributed by atoms with Crippen molar-refractivity contribution < 1.29 is 31.1 Å². The summed E-state index contributed by atoms with van der Waals surface area (Å²) in [5.74, 6) is 0.347. The van der Waals surface area contributed by atoms with E-state index in [0.29, 0.717) is 29.0 Å². The van der Waals surface area contributed by atoms with Crippen LogP contribution in [0.2, 0.25) is 0 Å². The molecule has 2 aromatic heterocycles. The average Bonchev–Trinajstić information content (AvgIpc) is 3.37. The van der Waals surface area contributed by atoms with Crippen molar-refractivity contribution in [3.8, 4) is 5.75 Å². The molecule has 1 fully saturated rings. The number of carbonyl (C=O) groups is 1. The summed E-state index contributed by atoms with van der Waals surface area (Å²) >= 11 is 1.09. The van der Waals surface area contributed by atoms with Crippen molar-refractivity contribution in [1.29, 1.82) is 0 Å². The number of hydrogen-bond acceptors (Lipinski definition) is 8. The Morgan fingerprint density at radius 3 is 2.66 bits per heavy atom. The third-order valence-corrected chi connectivity index (χ3v) is 9.32. The first kappa shape index (κ1) is 27.8. The van der Waals surface area contributed by atoms with E-state index in [4.69, 9.17) is 4.74 Å². The van der Waals surface area contributed by atoms with E-state index in [9.17, 15) is 26.4 Å². The molecule has 0 atom stereocenters. The Bertz CT molecular complexity index is 1370. The van der Waals surface area contributed by atoms with Gasteiger partial charge in [-0.15, -0.1) is 11.3 Å². The highest BCUT2D eigenvalue weighted by atomic mass is 32.2. The topological polar surface area (TPSA) is 114 Å². The molecular formula is C24H26F3N5O4S2. The van der Waals surface area contributed by atoms with Crippen LogP contribution in [0.15, 0.2) is 52.9 Å². The second kappa shape index (κ2) is 11.7. The van der Waals surface area contributed by atoms with E-state index in [-0.39, 0.29) is 47.4 Å². The number of aromatic nitrogens is 2. The summed E-state index contributed by atoms with van der Waals surface area (Å²) in [6, 6.07) is 11.0. The Morgan fingerprint density at radius 1 is 1.18 bits per heavy atom. The molecule has 1 saturated heterocycles. The van der Waals surface area contributed by atoms with Crippen molar-refractivity contribution in [3.63, 3.8) is 0 Å². The van der Waals surface area contributed by atoms with Gasteiger partial charge >= 0.3 is 6.18 Å². The van der Waals surface area contributed by atoms with Gasteiger partial charge in [0.05, 0.1) is 25.8 Å². The Balaban J connectivity index is 1.30. The maximum atomic E-state index is 13.2. The largest absolute Gasteiger partial charge is 0.497 e. The predicted molar refractivity (Wildman–Crippen MR) is 136 cm³/mol. The number of carbonyl (C=O) groups excluding carboxylic acids is 1. The van der Waals surface area contributed by atoms with E-state index in [1.807, 2.05) is 0 Å². The fourth-order valence-corrected chi connectivity index (χ4v) is 6.86. The zero-order valence-electron chi connectivity index (χ0n) is 20.4. The van der Waals surface area contributed by atoms with Crippen LogP contribution in [-0.2, 0) is 23.0 Å². The van der Waals surface area contributed by atoms with Gasteiger partial charge < -0.3 is 15.4 Å². The molecule has 0 bridgehead atoms. The number of halogens is 3. The molecule has 2 N–H and O–H groups in total. The van der Waals surface area contributed by atoms with Crippen LogP contribution in [0.25, 0.3) is 0 Å². The van der Waals surface area contributed by atoms with Crippen molar-refractivity contribution in [1.82, 2.24) is 19.6 Å². The van der Waals surface area contributed by atoms with E-state index in [2.05, 4.69) is 20.6 Å². The number of benzene rings is 1. The van der Waals surface area contributed by atoms with Crippen LogP contribution in [0, 0.1) is 0 Å². The van der Waals surface area contributed by atoms with Crippen molar-refractivity contribution >= 4 is 33.2 Å². The number of thiophene rings is 1. The number of methoxy groups -OCH3 is 1.